The van der Waals surface area contributed by atoms with Crippen LogP contribution >= 0.6 is 22.6 Å². The molecule has 0 amide bonds. The Morgan fingerprint density at radius 1 is 1.35 bits per heavy atom. The third kappa shape index (κ3) is 3.62. The van der Waals surface area contributed by atoms with E-state index in [1.54, 1.807) is 24.3 Å². The number of hydrogen-bond donors (Lipinski definition) is 1. The topological polar surface area (TPSA) is 95.1 Å². The molecule has 20 heavy (non-hydrogen) atoms. The van der Waals surface area contributed by atoms with Gasteiger partial charge in [-0.25, -0.2) is 4.79 Å². The number of halogens is 1. The van der Waals surface area contributed by atoms with Gasteiger partial charge in [0.25, 0.3) is 0 Å². The summed E-state index contributed by atoms with van der Waals surface area (Å²) in [6.45, 7) is 0. The minimum absolute atomic E-state index is 0.0585. The maximum absolute atomic E-state index is 11.6. The van der Waals surface area contributed by atoms with Crippen molar-refractivity contribution in [3.8, 4) is 17.9 Å². The Morgan fingerprint density at radius 2 is 2.00 bits per heavy atom. The Bertz CT molecular complexity index is 625. The number of nitriles is 2. The van der Waals surface area contributed by atoms with E-state index in [9.17, 15) is 4.79 Å². The molecule has 0 atom stereocenters. The van der Waals surface area contributed by atoms with Crippen LogP contribution in [0.2, 0.25) is 0 Å². The number of benzene rings is 1. The molecular formula is C13H10IN3O3. The van der Waals surface area contributed by atoms with Gasteiger partial charge in [-0.1, -0.05) is 0 Å². The number of carbonyl (C=O) groups is 1. The maximum atomic E-state index is 11.6. The van der Waals surface area contributed by atoms with Gasteiger partial charge < -0.3 is 14.8 Å². The number of rotatable bonds is 4. The normalized spacial score (nSPS) is 8.85. The maximum Gasteiger partial charge on any atom is 0.341 e. The van der Waals surface area contributed by atoms with Crippen LogP contribution in [0.15, 0.2) is 23.9 Å². The van der Waals surface area contributed by atoms with Crippen molar-refractivity contribution in [2.24, 2.45) is 0 Å². The van der Waals surface area contributed by atoms with Crippen LogP contribution in [0.5, 0.6) is 5.75 Å². The summed E-state index contributed by atoms with van der Waals surface area (Å²) in [7, 11) is 2.72. The van der Waals surface area contributed by atoms with E-state index in [1.165, 1.54) is 20.4 Å². The van der Waals surface area contributed by atoms with Crippen LogP contribution in [0.4, 0.5) is 5.69 Å². The standard InChI is InChI=1S/C13H10IN3O3/c1-19-12-4-11(17-7-8(5-15)6-16)10(14)3-9(12)13(18)20-2/h3-4,7,17H,1-2H3. The number of hydrogen-bond acceptors (Lipinski definition) is 6. The molecule has 0 saturated heterocycles. The largest absolute Gasteiger partial charge is 0.496 e. The molecule has 0 fully saturated rings. The molecule has 0 unspecified atom stereocenters. The molecule has 0 aromatic heterocycles. The minimum Gasteiger partial charge on any atom is -0.496 e. The van der Waals surface area contributed by atoms with Gasteiger partial charge in [-0.3, -0.25) is 0 Å². The quantitative estimate of drug-likeness (QED) is 0.488. The fourth-order valence-electron chi connectivity index (χ4n) is 1.34. The van der Waals surface area contributed by atoms with E-state index in [4.69, 9.17) is 15.3 Å². The van der Waals surface area contributed by atoms with Gasteiger partial charge in [0.1, 0.15) is 29.0 Å². The fourth-order valence-corrected chi connectivity index (χ4v) is 1.96. The first-order valence-electron chi connectivity index (χ1n) is 5.30. The van der Waals surface area contributed by atoms with Gasteiger partial charge in [-0.2, -0.15) is 10.5 Å². The summed E-state index contributed by atoms with van der Waals surface area (Å²) < 4.78 is 10.5. The smallest absolute Gasteiger partial charge is 0.341 e. The second-order valence-electron chi connectivity index (χ2n) is 3.45. The molecule has 0 aliphatic heterocycles. The zero-order valence-corrected chi connectivity index (χ0v) is 12.9. The lowest BCUT2D eigenvalue weighted by atomic mass is 10.2. The lowest BCUT2D eigenvalue weighted by Gasteiger charge is -2.11. The molecule has 0 bridgehead atoms. The average molecular weight is 383 g/mol. The summed E-state index contributed by atoms with van der Waals surface area (Å²) in [4.78, 5) is 11.6. The van der Waals surface area contributed by atoms with Crippen molar-refractivity contribution in [1.29, 1.82) is 10.5 Å². The van der Waals surface area contributed by atoms with E-state index in [1.807, 2.05) is 22.6 Å². The summed E-state index contributed by atoms with van der Waals surface area (Å²) in [5.41, 5.74) is 0.852. The molecule has 0 radical (unpaired) electrons. The first-order valence-corrected chi connectivity index (χ1v) is 6.38. The van der Waals surface area contributed by atoms with Crippen molar-refractivity contribution < 1.29 is 14.3 Å². The molecule has 0 heterocycles. The molecule has 6 nitrogen and oxygen atoms in total. The van der Waals surface area contributed by atoms with E-state index in [0.29, 0.717) is 17.0 Å². The Kier molecular flexibility index (Phi) is 5.81. The minimum atomic E-state index is -0.503. The molecule has 7 heteroatoms. The summed E-state index contributed by atoms with van der Waals surface area (Å²) in [6, 6.07) is 6.67. The predicted octanol–water partition coefficient (Wildman–Crippen LogP) is 2.43. The first kappa shape index (κ1) is 15.8. The van der Waals surface area contributed by atoms with Gasteiger partial charge in [0.05, 0.1) is 19.9 Å². The van der Waals surface area contributed by atoms with Crippen LogP contribution in [0.25, 0.3) is 0 Å². The van der Waals surface area contributed by atoms with Crippen LogP contribution in [0.3, 0.4) is 0 Å². The van der Waals surface area contributed by atoms with Crippen LogP contribution in [-0.2, 0) is 4.74 Å². The fraction of sp³-hybridized carbons (Fsp3) is 0.154. The zero-order chi connectivity index (χ0) is 15.1. The molecule has 102 valence electrons. The zero-order valence-electron chi connectivity index (χ0n) is 10.7. The monoisotopic (exact) mass is 383 g/mol. The van der Waals surface area contributed by atoms with E-state index >= 15 is 0 Å². The van der Waals surface area contributed by atoms with E-state index in [-0.39, 0.29) is 5.57 Å². The molecule has 0 saturated carbocycles. The summed E-state index contributed by atoms with van der Waals surface area (Å²) in [5, 5.41) is 20.1. The highest BCUT2D eigenvalue weighted by Crippen LogP contribution is 2.29. The lowest BCUT2D eigenvalue weighted by Crippen LogP contribution is -2.06. The second kappa shape index (κ2) is 7.36. The van der Waals surface area contributed by atoms with Crippen molar-refractivity contribution in [2.45, 2.75) is 0 Å². The number of carbonyl (C=O) groups excluding carboxylic acids is 1. The number of methoxy groups -OCH3 is 2. The van der Waals surface area contributed by atoms with Gasteiger partial charge in [-0.15, -0.1) is 0 Å². The highest BCUT2D eigenvalue weighted by Gasteiger charge is 2.15. The van der Waals surface area contributed by atoms with Crippen molar-refractivity contribution in [3.05, 3.63) is 33.0 Å². The van der Waals surface area contributed by atoms with Gasteiger partial charge in [0, 0.05) is 15.8 Å². The van der Waals surface area contributed by atoms with Gasteiger partial charge in [0.2, 0.25) is 0 Å². The molecule has 1 aromatic carbocycles. The number of anilines is 1. The number of nitrogens with zero attached hydrogens (tertiary/aromatic N) is 2. The Balaban J connectivity index is 3.19. The number of allylic oxidation sites excluding steroid dienone is 1. The third-order valence-electron chi connectivity index (χ3n) is 2.31. The SMILES string of the molecule is COC(=O)c1cc(I)c(NC=C(C#N)C#N)cc1OC. The first-order chi connectivity index (χ1) is 9.57. The van der Waals surface area contributed by atoms with Crippen molar-refractivity contribution >= 4 is 34.2 Å². The molecular weight excluding hydrogens is 373 g/mol. The second-order valence-corrected chi connectivity index (χ2v) is 4.61. The van der Waals surface area contributed by atoms with Gasteiger partial charge in [-0.05, 0) is 28.7 Å². The predicted molar refractivity (Wildman–Crippen MR) is 80.0 cm³/mol. The average Bonchev–Trinajstić information content (AvgIpc) is 2.48. The molecule has 0 spiro atoms. The van der Waals surface area contributed by atoms with E-state index < -0.39 is 5.97 Å². The molecule has 1 rings (SSSR count). The lowest BCUT2D eigenvalue weighted by molar-refractivity contribution is 0.0597. The van der Waals surface area contributed by atoms with Crippen LogP contribution < -0.4 is 10.1 Å². The number of nitrogens with one attached hydrogen (secondary N) is 1. The van der Waals surface area contributed by atoms with Crippen LogP contribution in [0.1, 0.15) is 10.4 Å². The summed E-state index contributed by atoms with van der Waals surface area (Å²) >= 11 is 2.02. The Hall–Kier alpha value is -2.26. The Morgan fingerprint density at radius 3 is 2.50 bits per heavy atom. The van der Waals surface area contributed by atoms with E-state index in [2.05, 4.69) is 10.1 Å². The van der Waals surface area contributed by atoms with Gasteiger partial charge >= 0.3 is 5.97 Å². The van der Waals surface area contributed by atoms with Gasteiger partial charge in [0.15, 0.2) is 0 Å². The van der Waals surface area contributed by atoms with Crippen molar-refractivity contribution in [1.82, 2.24) is 0 Å². The third-order valence-corrected chi connectivity index (χ3v) is 3.20. The molecule has 1 N–H and O–H groups in total. The van der Waals surface area contributed by atoms with Crippen molar-refractivity contribution in [2.75, 3.05) is 19.5 Å². The molecule has 1 aromatic rings. The Labute approximate surface area is 129 Å². The van der Waals surface area contributed by atoms with Crippen LogP contribution in [0, 0.1) is 26.2 Å². The summed E-state index contributed by atoms with van der Waals surface area (Å²) in [6.07, 6.45) is 1.29. The molecule has 0 aliphatic carbocycles. The highest BCUT2D eigenvalue weighted by molar-refractivity contribution is 14.1. The number of ether oxygens (including phenoxy) is 2. The van der Waals surface area contributed by atoms with Crippen molar-refractivity contribution in [3.63, 3.8) is 0 Å². The molecule has 0 aliphatic rings. The van der Waals surface area contributed by atoms with Crippen LogP contribution in [-0.4, -0.2) is 20.2 Å². The van der Waals surface area contributed by atoms with E-state index in [0.717, 1.165) is 3.57 Å². The summed E-state index contributed by atoms with van der Waals surface area (Å²) in [5.74, 6) is -0.166. The number of esters is 1. The highest BCUT2D eigenvalue weighted by atomic mass is 127.